The van der Waals surface area contributed by atoms with Crippen LogP contribution in [0.25, 0.3) is 0 Å². The van der Waals surface area contributed by atoms with Crippen LogP contribution in [0, 0.1) is 5.92 Å². The summed E-state index contributed by atoms with van der Waals surface area (Å²) in [6.07, 6.45) is 12.5. The average Bonchev–Trinajstić information content (AvgIpc) is 2.43. The third-order valence-electron chi connectivity index (χ3n) is 6.12. The minimum Gasteiger partial charge on any atom is -0.393 e. The summed E-state index contributed by atoms with van der Waals surface area (Å²) in [6, 6.07) is 0. The van der Waals surface area contributed by atoms with Crippen LogP contribution in [0.15, 0.2) is 0 Å². The number of methoxy groups -OCH3 is 1. The summed E-state index contributed by atoms with van der Waals surface area (Å²) in [4.78, 5) is 0. The smallest absolute Gasteiger partial charge is 0.0703 e. The maximum atomic E-state index is 10.7. The van der Waals surface area contributed by atoms with Gasteiger partial charge in [-0.3, -0.25) is 0 Å². The van der Waals surface area contributed by atoms with Crippen molar-refractivity contribution >= 4 is 0 Å². The quantitative estimate of drug-likeness (QED) is 0.858. The molecule has 0 aromatic rings. The van der Waals surface area contributed by atoms with Gasteiger partial charge in [0.2, 0.25) is 0 Å². The highest BCUT2D eigenvalue weighted by atomic mass is 16.5. The van der Waals surface area contributed by atoms with E-state index in [0.29, 0.717) is 5.92 Å². The lowest BCUT2D eigenvalue weighted by molar-refractivity contribution is -0.151. The molecule has 2 saturated carbocycles. The predicted octanol–water partition coefficient (Wildman–Crippen LogP) is 3.44. The molecule has 1 aliphatic heterocycles. The summed E-state index contributed by atoms with van der Waals surface area (Å²) in [5.74, 6) is 0.412. The van der Waals surface area contributed by atoms with E-state index in [4.69, 9.17) is 9.47 Å². The Morgan fingerprint density at radius 2 is 1.90 bits per heavy atom. The standard InChI is InChI=1S/C17H30O3/c1-19-16(9-5-10-16)13-15(18)14-6-11-20-17(12-14)7-3-2-4-8-17/h14-15,18H,2-13H2,1H3. The molecule has 1 heterocycles. The first kappa shape index (κ1) is 14.8. The Labute approximate surface area is 123 Å². The van der Waals surface area contributed by atoms with Crippen LogP contribution >= 0.6 is 0 Å². The van der Waals surface area contributed by atoms with Gasteiger partial charge >= 0.3 is 0 Å². The van der Waals surface area contributed by atoms with Crippen molar-refractivity contribution in [2.24, 2.45) is 5.92 Å². The normalized spacial score (nSPS) is 33.6. The van der Waals surface area contributed by atoms with E-state index in [0.717, 1.165) is 38.7 Å². The summed E-state index contributed by atoms with van der Waals surface area (Å²) in [6.45, 7) is 0.835. The number of rotatable bonds is 4. The van der Waals surface area contributed by atoms with Gasteiger partial charge in [0.05, 0.1) is 17.3 Å². The molecule has 1 saturated heterocycles. The van der Waals surface area contributed by atoms with Gasteiger partial charge in [-0.05, 0) is 50.9 Å². The number of hydrogen-bond acceptors (Lipinski definition) is 3. The zero-order valence-electron chi connectivity index (χ0n) is 12.9. The Bertz CT molecular complexity index is 307. The third kappa shape index (κ3) is 2.90. The van der Waals surface area contributed by atoms with Crippen molar-refractivity contribution in [3.8, 4) is 0 Å². The molecular formula is C17H30O3. The first-order valence-electron chi connectivity index (χ1n) is 8.54. The maximum absolute atomic E-state index is 10.7. The molecule has 1 N–H and O–H groups in total. The van der Waals surface area contributed by atoms with E-state index in [-0.39, 0.29) is 17.3 Å². The second-order valence-electron chi connectivity index (χ2n) is 7.36. The first-order chi connectivity index (χ1) is 9.67. The summed E-state index contributed by atoms with van der Waals surface area (Å²) < 4.78 is 11.8. The van der Waals surface area contributed by atoms with Crippen LogP contribution in [-0.2, 0) is 9.47 Å². The molecule has 3 heteroatoms. The Morgan fingerprint density at radius 1 is 1.15 bits per heavy atom. The van der Waals surface area contributed by atoms with Crippen molar-refractivity contribution in [3.05, 3.63) is 0 Å². The van der Waals surface area contributed by atoms with E-state index in [1.165, 1.54) is 38.5 Å². The Balaban J connectivity index is 1.58. The van der Waals surface area contributed by atoms with Crippen LogP contribution in [0.3, 0.4) is 0 Å². The fourth-order valence-corrected chi connectivity index (χ4v) is 4.55. The highest BCUT2D eigenvalue weighted by Crippen LogP contribution is 2.45. The van der Waals surface area contributed by atoms with Gasteiger partial charge in [-0.15, -0.1) is 0 Å². The van der Waals surface area contributed by atoms with Crippen LogP contribution in [-0.4, -0.2) is 36.1 Å². The minimum absolute atomic E-state index is 0.0164. The van der Waals surface area contributed by atoms with Crippen LogP contribution < -0.4 is 0 Å². The molecule has 1 spiro atoms. The van der Waals surface area contributed by atoms with Gasteiger partial charge < -0.3 is 14.6 Å². The number of aliphatic hydroxyl groups excluding tert-OH is 1. The van der Waals surface area contributed by atoms with E-state index < -0.39 is 0 Å². The SMILES string of the molecule is COC1(CC(O)C2CCOC3(CCCCC3)C2)CCC1. The van der Waals surface area contributed by atoms with Crippen molar-refractivity contribution in [1.82, 2.24) is 0 Å². The van der Waals surface area contributed by atoms with Gasteiger partial charge in [0, 0.05) is 20.1 Å². The molecule has 0 aromatic carbocycles. The van der Waals surface area contributed by atoms with E-state index in [9.17, 15) is 5.11 Å². The Kier molecular flexibility index (Phi) is 4.40. The van der Waals surface area contributed by atoms with Crippen LogP contribution in [0.2, 0.25) is 0 Å². The van der Waals surface area contributed by atoms with Gasteiger partial charge in [-0.1, -0.05) is 19.3 Å². The van der Waals surface area contributed by atoms with E-state index in [1.807, 2.05) is 0 Å². The summed E-state index contributed by atoms with van der Waals surface area (Å²) in [7, 11) is 1.80. The summed E-state index contributed by atoms with van der Waals surface area (Å²) in [5, 5.41) is 10.7. The fourth-order valence-electron chi connectivity index (χ4n) is 4.55. The molecule has 3 rings (SSSR count). The first-order valence-corrected chi connectivity index (χ1v) is 8.54. The molecule has 3 aliphatic rings. The van der Waals surface area contributed by atoms with E-state index in [1.54, 1.807) is 7.11 Å². The van der Waals surface area contributed by atoms with Crippen LogP contribution in [0.1, 0.15) is 70.6 Å². The molecule has 2 aliphatic carbocycles. The van der Waals surface area contributed by atoms with Gasteiger partial charge in [0.15, 0.2) is 0 Å². The molecule has 2 unspecified atom stereocenters. The van der Waals surface area contributed by atoms with Crippen molar-refractivity contribution in [2.75, 3.05) is 13.7 Å². The van der Waals surface area contributed by atoms with Crippen molar-refractivity contribution in [3.63, 3.8) is 0 Å². The minimum atomic E-state index is -0.210. The lowest BCUT2D eigenvalue weighted by atomic mass is 9.70. The largest absolute Gasteiger partial charge is 0.393 e. The molecule has 0 bridgehead atoms. The highest BCUT2D eigenvalue weighted by Gasteiger charge is 2.44. The van der Waals surface area contributed by atoms with Gasteiger partial charge in [-0.2, -0.15) is 0 Å². The van der Waals surface area contributed by atoms with Crippen molar-refractivity contribution in [2.45, 2.75) is 87.9 Å². The zero-order chi connectivity index (χ0) is 14.1. The summed E-state index contributed by atoms with van der Waals surface area (Å²) >= 11 is 0. The third-order valence-corrected chi connectivity index (χ3v) is 6.12. The monoisotopic (exact) mass is 282 g/mol. The fraction of sp³-hybridized carbons (Fsp3) is 1.00. The molecule has 20 heavy (non-hydrogen) atoms. The average molecular weight is 282 g/mol. The lowest BCUT2D eigenvalue weighted by Gasteiger charge is -2.47. The van der Waals surface area contributed by atoms with Gasteiger partial charge in [-0.25, -0.2) is 0 Å². The predicted molar refractivity (Wildman–Crippen MR) is 78.7 cm³/mol. The molecule has 0 radical (unpaired) electrons. The van der Waals surface area contributed by atoms with Crippen LogP contribution in [0.4, 0.5) is 0 Å². The molecule has 0 aromatic heterocycles. The van der Waals surface area contributed by atoms with Gasteiger partial charge in [0.25, 0.3) is 0 Å². The Hall–Kier alpha value is -0.120. The molecular weight excluding hydrogens is 252 g/mol. The Morgan fingerprint density at radius 3 is 2.50 bits per heavy atom. The molecule has 2 atom stereocenters. The topological polar surface area (TPSA) is 38.7 Å². The second-order valence-corrected chi connectivity index (χ2v) is 7.36. The number of ether oxygens (including phenoxy) is 2. The van der Waals surface area contributed by atoms with Crippen molar-refractivity contribution < 1.29 is 14.6 Å². The zero-order valence-corrected chi connectivity index (χ0v) is 12.9. The second kappa shape index (κ2) is 5.94. The number of hydrogen-bond donors (Lipinski definition) is 1. The molecule has 116 valence electrons. The lowest BCUT2D eigenvalue weighted by Crippen LogP contribution is -2.48. The van der Waals surface area contributed by atoms with E-state index >= 15 is 0 Å². The molecule has 0 amide bonds. The maximum Gasteiger partial charge on any atom is 0.0703 e. The number of aliphatic hydroxyl groups is 1. The summed E-state index contributed by atoms with van der Waals surface area (Å²) in [5.41, 5.74) is 0.0828. The molecule has 3 nitrogen and oxygen atoms in total. The molecule has 3 fully saturated rings. The van der Waals surface area contributed by atoms with E-state index in [2.05, 4.69) is 0 Å². The van der Waals surface area contributed by atoms with Crippen LogP contribution in [0.5, 0.6) is 0 Å². The highest BCUT2D eigenvalue weighted by molar-refractivity contribution is 4.96. The van der Waals surface area contributed by atoms with Crippen molar-refractivity contribution in [1.29, 1.82) is 0 Å². The van der Waals surface area contributed by atoms with Gasteiger partial charge in [0.1, 0.15) is 0 Å².